The van der Waals surface area contributed by atoms with Gasteiger partial charge in [0.1, 0.15) is 0 Å². The van der Waals surface area contributed by atoms with Gasteiger partial charge in [-0.1, -0.05) is 31.7 Å². The Labute approximate surface area is 129 Å². The molecule has 19 heavy (non-hydrogen) atoms. The van der Waals surface area contributed by atoms with E-state index in [0.717, 1.165) is 14.8 Å². The minimum absolute atomic E-state index is 0.178. The van der Waals surface area contributed by atoms with Crippen LogP contribution in [0.3, 0.4) is 0 Å². The molecular weight excluding hydrogens is 349 g/mol. The average molecular weight is 371 g/mol. The molecule has 1 fully saturated rings. The van der Waals surface area contributed by atoms with E-state index >= 15 is 0 Å². The highest BCUT2D eigenvalue weighted by Gasteiger charge is 2.16. The molecule has 1 aromatic rings. The zero-order chi connectivity index (χ0) is 13.7. The summed E-state index contributed by atoms with van der Waals surface area (Å²) in [7, 11) is 0. The maximum absolute atomic E-state index is 12.1. The van der Waals surface area contributed by atoms with Crippen molar-refractivity contribution in [1.29, 1.82) is 0 Å². The van der Waals surface area contributed by atoms with Gasteiger partial charge >= 0.3 is 0 Å². The number of nitrogens with one attached hydrogen (secondary N) is 1. The van der Waals surface area contributed by atoms with Crippen LogP contribution < -0.4 is 5.32 Å². The Morgan fingerprint density at radius 1 is 1.26 bits per heavy atom. The summed E-state index contributed by atoms with van der Waals surface area (Å²) in [6.07, 6.45) is 8.39. The second-order valence-corrected chi connectivity index (χ2v) is 6.81. The molecule has 104 valence electrons. The van der Waals surface area contributed by atoms with Gasteiger partial charge < -0.3 is 5.32 Å². The summed E-state index contributed by atoms with van der Waals surface area (Å²) in [6, 6.07) is 6.17. The van der Waals surface area contributed by atoms with E-state index in [0.29, 0.717) is 12.3 Å². The van der Waals surface area contributed by atoms with Crippen LogP contribution in [0.1, 0.15) is 50.5 Å². The first-order valence-corrected chi connectivity index (χ1v) is 8.29. The molecule has 0 radical (unpaired) electrons. The van der Waals surface area contributed by atoms with E-state index in [4.69, 9.17) is 0 Å². The van der Waals surface area contributed by atoms with Crippen LogP contribution in [0.15, 0.2) is 18.2 Å². The minimum atomic E-state index is 0.178. The number of amides is 1. The number of carbonyl (C=O) groups excluding carboxylic acids is 1. The maximum atomic E-state index is 12.1. The number of halogens is 1. The lowest BCUT2D eigenvalue weighted by atomic mass is 9.96. The van der Waals surface area contributed by atoms with E-state index in [1.54, 1.807) is 0 Å². The summed E-state index contributed by atoms with van der Waals surface area (Å²) in [5.41, 5.74) is 2.10. The molecule has 2 rings (SSSR count). The number of hydrogen-bond acceptors (Lipinski definition) is 1. The van der Waals surface area contributed by atoms with Crippen LogP contribution in [0.25, 0.3) is 0 Å². The largest absolute Gasteiger partial charge is 0.326 e. The number of carbonyl (C=O) groups is 1. The number of benzene rings is 1. The van der Waals surface area contributed by atoms with Crippen molar-refractivity contribution in [2.24, 2.45) is 5.92 Å². The smallest absolute Gasteiger partial charge is 0.224 e. The van der Waals surface area contributed by atoms with Gasteiger partial charge in [-0.15, -0.1) is 0 Å². The maximum Gasteiger partial charge on any atom is 0.224 e. The van der Waals surface area contributed by atoms with Crippen LogP contribution in [0.4, 0.5) is 5.69 Å². The predicted molar refractivity (Wildman–Crippen MR) is 88.3 cm³/mol. The molecule has 0 heterocycles. The molecule has 0 spiro atoms. The average Bonchev–Trinajstić information content (AvgIpc) is 2.62. The van der Waals surface area contributed by atoms with Crippen molar-refractivity contribution in [3.05, 3.63) is 27.3 Å². The molecule has 3 heteroatoms. The second-order valence-electron chi connectivity index (χ2n) is 5.57. The second kappa shape index (κ2) is 7.27. The first kappa shape index (κ1) is 14.8. The van der Waals surface area contributed by atoms with Crippen molar-refractivity contribution in [2.75, 3.05) is 5.32 Å². The molecule has 1 saturated carbocycles. The Morgan fingerprint density at radius 3 is 2.63 bits per heavy atom. The molecule has 0 aliphatic heterocycles. The summed E-state index contributed by atoms with van der Waals surface area (Å²) in [6.45, 7) is 2.04. The monoisotopic (exact) mass is 371 g/mol. The third-order valence-corrected chi connectivity index (χ3v) is 4.59. The van der Waals surface area contributed by atoms with E-state index in [9.17, 15) is 4.79 Å². The summed E-state index contributed by atoms with van der Waals surface area (Å²) in [5.74, 6) is 0.766. The molecule has 1 amide bonds. The number of aryl methyl sites for hydroxylation is 1. The van der Waals surface area contributed by atoms with Gasteiger partial charge in [0.25, 0.3) is 0 Å². The van der Waals surface area contributed by atoms with Gasteiger partial charge in [0.15, 0.2) is 0 Å². The summed E-state index contributed by atoms with van der Waals surface area (Å²) in [4.78, 5) is 12.1. The van der Waals surface area contributed by atoms with Crippen LogP contribution in [0.5, 0.6) is 0 Å². The van der Waals surface area contributed by atoms with E-state index in [1.807, 2.05) is 13.0 Å². The van der Waals surface area contributed by atoms with Gasteiger partial charge in [-0.3, -0.25) is 4.79 Å². The summed E-state index contributed by atoms with van der Waals surface area (Å²) >= 11 is 2.28. The fraction of sp³-hybridized carbons (Fsp3) is 0.562. The van der Waals surface area contributed by atoms with Crippen LogP contribution in [-0.4, -0.2) is 5.91 Å². The lowest BCUT2D eigenvalue weighted by Gasteiger charge is -2.14. The highest BCUT2D eigenvalue weighted by molar-refractivity contribution is 14.1. The van der Waals surface area contributed by atoms with Crippen molar-refractivity contribution >= 4 is 34.2 Å². The predicted octanol–water partition coefficient (Wildman–Crippen LogP) is 4.90. The van der Waals surface area contributed by atoms with Crippen LogP contribution in [-0.2, 0) is 4.79 Å². The molecular formula is C16H22INO. The number of rotatable bonds is 3. The molecule has 1 N–H and O–H groups in total. The van der Waals surface area contributed by atoms with Gasteiger partial charge in [-0.05, 0) is 66.0 Å². The van der Waals surface area contributed by atoms with Crippen molar-refractivity contribution in [2.45, 2.75) is 51.9 Å². The van der Waals surface area contributed by atoms with Crippen LogP contribution in [0, 0.1) is 16.4 Å². The van der Waals surface area contributed by atoms with Crippen molar-refractivity contribution < 1.29 is 4.79 Å². The van der Waals surface area contributed by atoms with Crippen LogP contribution in [0.2, 0.25) is 0 Å². The molecule has 1 aliphatic rings. The Morgan fingerprint density at radius 2 is 1.95 bits per heavy atom. The topological polar surface area (TPSA) is 29.1 Å². The van der Waals surface area contributed by atoms with E-state index in [2.05, 4.69) is 40.0 Å². The van der Waals surface area contributed by atoms with Crippen molar-refractivity contribution in [3.63, 3.8) is 0 Å². The molecule has 1 aliphatic carbocycles. The van der Waals surface area contributed by atoms with Gasteiger partial charge in [0.2, 0.25) is 5.91 Å². The van der Waals surface area contributed by atoms with E-state index in [-0.39, 0.29) is 5.91 Å². The molecule has 0 aromatic heterocycles. The summed E-state index contributed by atoms with van der Waals surface area (Å²) in [5, 5.41) is 3.07. The number of anilines is 1. The molecule has 0 bridgehead atoms. The van der Waals surface area contributed by atoms with Crippen LogP contribution >= 0.6 is 22.6 Å². The zero-order valence-electron chi connectivity index (χ0n) is 11.5. The van der Waals surface area contributed by atoms with E-state index < -0.39 is 0 Å². The SMILES string of the molecule is Cc1ccc(I)cc1NC(=O)CC1CCCCCC1. The quantitative estimate of drug-likeness (QED) is 0.594. The fourth-order valence-corrected chi connectivity index (χ4v) is 3.25. The third kappa shape index (κ3) is 4.79. The Kier molecular flexibility index (Phi) is 5.67. The minimum Gasteiger partial charge on any atom is -0.326 e. The lowest BCUT2D eigenvalue weighted by molar-refractivity contribution is -0.117. The first-order valence-electron chi connectivity index (χ1n) is 7.21. The molecule has 1 aromatic carbocycles. The normalized spacial score (nSPS) is 16.9. The van der Waals surface area contributed by atoms with Gasteiger partial charge in [-0.25, -0.2) is 0 Å². The zero-order valence-corrected chi connectivity index (χ0v) is 13.7. The summed E-state index contributed by atoms with van der Waals surface area (Å²) < 4.78 is 1.16. The first-order chi connectivity index (χ1) is 9.15. The lowest BCUT2D eigenvalue weighted by Crippen LogP contribution is -2.17. The Balaban J connectivity index is 1.91. The number of hydrogen-bond donors (Lipinski definition) is 1. The van der Waals surface area contributed by atoms with Crippen molar-refractivity contribution in [1.82, 2.24) is 0 Å². The van der Waals surface area contributed by atoms with Gasteiger partial charge in [0.05, 0.1) is 0 Å². The Hall–Kier alpha value is -0.580. The Bertz CT molecular complexity index is 436. The third-order valence-electron chi connectivity index (χ3n) is 3.92. The molecule has 0 unspecified atom stereocenters. The fourth-order valence-electron chi connectivity index (χ4n) is 2.76. The van der Waals surface area contributed by atoms with E-state index in [1.165, 1.54) is 38.5 Å². The molecule has 0 atom stereocenters. The highest BCUT2D eigenvalue weighted by Crippen LogP contribution is 2.26. The molecule has 2 nitrogen and oxygen atoms in total. The van der Waals surface area contributed by atoms with Crippen molar-refractivity contribution in [3.8, 4) is 0 Å². The highest BCUT2D eigenvalue weighted by atomic mass is 127. The molecule has 0 saturated heterocycles. The van der Waals surface area contributed by atoms with Gasteiger partial charge in [-0.2, -0.15) is 0 Å². The standard InChI is InChI=1S/C16H22INO/c1-12-8-9-14(17)11-15(12)18-16(19)10-13-6-4-2-3-5-7-13/h8-9,11,13H,2-7,10H2,1H3,(H,18,19). The van der Waals surface area contributed by atoms with Gasteiger partial charge in [0, 0.05) is 15.7 Å².